The maximum atomic E-state index is 15.0. The Bertz CT molecular complexity index is 922. The van der Waals surface area contributed by atoms with Crippen LogP contribution in [0.1, 0.15) is 59.3 Å². The Hall–Kier alpha value is -1.93. The number of rotatable bonds is 9. The quantitative estimate of drug-likeness (QED) is 0.592. The van der Waals surface area contributed by atoms with Gasteiger partial charge in [0.2, 0.25) is 5.91 Å². The third-order valence-electron chi connectivity index (χ3n) is 6.04. The van der Waals surface area contributed by atoms with Crippen LogP contribution in [0.15, 0.2) is 12.1 Å². The van der Waals surface area contributed by atoms with Crippen LogP contribution in [-0.2, 0) is 9.53 Å². The highest BCUT2D eigenvalue weighted by molar-refractivity contribution is 7.20. The second-order valence-corrected chi connectivity index (χ2v) is 10.2. The molecule has 1 aromatic heterocycles. The fourth-order valence-corrected chi connectivity index (χ4v) is 4.68. The number of amides is 1. The van der Waals surface area contributed by atoms with Gasteiger partial charge in [0.05, 0.1) is 35.6 Å². The van der Waals surface area contributed by atoms with Crippen LogP contribution in [0.5, 0.6) is 10.9 Å². The van der Waals surface area contributed by atoms with Crippen molar-refractivity contribution in [1.82, 2.24) is 10.3 Å². The van der Waals surface area contributed by atoms with Crippen molar-refractivity contribution >= 4 is 27.5 Å². The molecule has 1 N–H and O–H groups in total. The Labute approximate surface area is 186 Å². The molecule has 0 aliphatic heterocycles. The van der Waals surface area contributed by atoms with Gasteiger partial charge in [0.1, 0.15) is 0 Å². The van der Waals surface area contributed by atoms with Gasteiger partial charge in [0, 0.05) is 18.4 Å². The Morgan fingerprint density at radius 2 is 2.00 bits per heavy atom. The molecule has 2 saturated carbocycles. The summed E-state index contributed by atoms with van der Waals surface area (Å²) in [6, 6.07) is 3.46. The molecule has 4 rings (SSSR count). The molecule has 2 aliphatic carbocycles. The zero-order valence-corrected chi connectivity index (χ0v) is 19.2. The van der Waals surface area contributed by atoms with Gasteiger partial charge in [-0.1, -0.05) is 18.3 Å². The summed E-state index contributed by atoms with van der Waals surface area (Å²) < 4.78 is 33.2. The fourth-order valence-electron chi connectivity index (χ4n) is 3.83. The summed E-state index contributed by atoms with van der Waals surface area (Å²) in [5, 5.41) is 3.34. The monoisotopic (exact) mass is 450 g/mol. The number of fused-ring (bicyclic) bond motifs is 1. The minimum absolute atomic E-state index is 0.00675. The van der Waals surface area contributed by atoms with E-state index in [4.69, 9.17) is 14.2 Å². The second-order valence-electron chi connectivity index (χ2n) is 9.26. The first-order chi connectivity index (χ1) is 14.8. The van der Waals surface area contributed by atoms with Crippen molar-refractivity contribution in [3.05, 3.63) is 17.9 Å². The molecule has 170 valence electrons. The number of nitrogens with one attached hydrogen (secondary N) is 1. The first-order valence-electron chi connectivity index (χ1n) is 11.1. The van der Waals surface area contributed by atoms with E-state index in [1.807, 2.05) is 6.92 Å². The number of hydrogen-bond acceptors (Lipinski definition) is 6. The molecule has 1 aromatic carbocycles. The number of carbonyl (C=O) groups is 1. The van der Waals surface area contributed by atoms with E-state index in [1.165, 1.54) is 31.1 Å². The Kier molecular flexibility index (Phi) is 6.67. The molecule has 1 heterocycles. The Morgan fingerprint density at radius 1 is 1.29 bits per heavy atom. The van der Waals surface area contributed by atoms with Crippen LogP contribution in [-0.4, -0.2) is 42.4 Å². The second kappa shape index (κ2) is 9.28. The van der Waals surface area contributed by atoms with Gasteiger partial charge in [-0.25, -0.2) is 9.37 Å². The molecule has 1 amide bonds. The minimum Gasteiger partial charge on any atom is -0.487 e. The van der Waals surface area contributed by atoms with E-state index in [-0.39, 0.29) is 41.1 Å². The molecule has 6 nitrogen and oxygen atoms in total. The fraction of sp³-hybridized carbons (Fsp3) is 0.652. The third kappa shape index (κ3) is 5.86. The average Bonchev–Trinajstić information content (AvgIpc) is 3.31. The standard InChI is InChI=1S/C23H31FN2O4S/c1-14(25-15(2)27)12-28-16-4-6-17(7-5-16)30-19-9-8-18-21(20(19)24)31-22(26-18)29-13-23(3)10-11-23/h8-9,14,16-17H,4-7,10-13H2,1-3H3,(H,25,27)/t14-,16?,17?/m0/s1. The van der Waals surface area contributed by atoms with Gasteiger partial charge in [-0.15, -0.1) is 0 Å². The third-order valence-corrected chi connectivity index (χ3v) is 7.01. The predicted molar refractivity (Wildman–Crippen MR) is 118 cm³/mol. The molecule has 0 radical (unpaired) electrons. The number of ether oxygens (including phenoxy) is 3. The lowest BCUT2D eigenvalue weighted by atomic mass is 9.95. The molecule has 8 heteroatoms. The lowest BCUT2D eigenvalue weighted by Gasteiger charge is -2.30. The Morgan fingerprint density at radius 3 is 2.68 bits per heavy atom. The number of benzene rings is 1. The molecule has 1 atom stereocenters. The Balaban J connectivity index is 1.28. The van der Waals surface area contributed by atoms with Crippen LogP contribution in [0.2, 0.25) is 0 Å². The zero-order valence-electron chi connectivity index (χ0n) is 18.4. The van der Waals surface area contributed by atoms with Crippen LogP contribution in [0, 0.1) is 11.2 Å². The van der Waals surface area contributed by atoms with Gasteiger partial charge in [-0.3, -0.25) is 4.79 Å². The number of halogens is 1. The maximum absolute atomic E-state index is 15.0. The SMILES string of the molecule is CC(=O)N[C@@H](C)COC1CCC(Oc2ccc3nc(OCC4(C)CC4)sc3c2F)CC1. The van der Waals surface area contributed by atoms with Crippen LogP contribution in [0.3, 0.4) is 0 Å². The van der Waals surface area contributed by atoms with E-state index in [0.717, 1.165) is 25.7 Å². The predicted octanol–water partition coefficient (Wildman–Crippen LogP) is 4.85. The van der Waals surface area contributed by atoms with E-state index in [9.17, 15) is 4.79 Å². The molecule has 0 unspecified atom stereocenters. The first kappa shape index (κ1) is 22.3. The van der Waals surface area contributed by atoms with E-state index >= 15 is 4.39 Å². The highest BCUT2D eigenvalue weighted by Gasteiger charge is 2.38. The van der Waals surface area contributed by atoms with Crippen molar-refractivity contribution in [2.24, 2.45) is 5.41 Å². The topological polar surface area (TPSA) is 69.7 Å². The number of hydrogen-bond donors (Lipinski definition) is 1. The summed E-state index contributed by atoms with van der Waals surface area (Å²) in [6.07, 6.45) is 5.81. The van der Waals surface area contributed by atoms with Gasteiger partial charge in [-0.2, -0.15) is 0 Å². The number of thiazole rings is 1. The smallest absolute Gasteiger partial charge is 0.274 e. The molecule has 0 spiro atoms. The molecule has 0 bridgehead atoms. The van der Waals surface area contributed by atoms with Gasteiger partial charge in [0.25, 0.3) is 5.19 Å². The number of carbonyl (C=O) groups excluding carboxylic acids is 1. The van der Waals surface area contributed by atoms with Gasteiger partial charge >= 0.3 is 0 Å². The van der Waals surface area contributed by atoms with Crippen LogP contribution in [0.25, 0.3) is 10.2 Å². The number of aromatic nitrogens is 1. The first-order valence-corrected chi connectivity index (χ1v) is 11.9. The van der Waals surface area contributed by atoms with E-state index in [1.54, 1.807) is 12.1 Å². The van der Waals surface area contributed by atoms with Crippen molar-refractivity contribution in [3.63, 3.8) is 0 Å². The summed E-state index contributed by atoms with van der Waals surface area (Å²) >= 11 is 1.24. The summed E-state index contributed by atoms with van der Waals surface area (Å²) in [6.45, 7) is 6.75. The van der Waals surface area contributed by atoms with Crippen molar-refractivity contribution in [2.75, 3.05) is 13.2 Å². The maximum Gasteiger partial charge on any atom is 0.274 e. The average molecular weight is 451 g/mol. The van der Waals surface area contributed by atoms with Gasteiger partial charge < -0.3 is 19.5 Å². The molecule has 31 heavy (non-hydrogen) atoms. The van der Waals surface area contributed by atoms with Crippen molar-refractivity contribution in [1.29, 1.82) is 0 Å². The van der Waals surface area contributed by atoms with Crippen LogP contribution >= 0.6 is 11.3 Å². The lowest BCUT2D eigenvalue weighted by Crippen LogP contribution is -2.36. The van der Waals surface area contributed by atoms with Crippen LogP contribution < -0.4 is 14.8 Å². The van der Waals surface area contributed by atoms with Crippen molar-refractivity contribution < 1.29 is 23.4 Å². The summed E-state index contributed by atoms with van der Waals surface area (Å²) in [4.78, 5) is 15.5. The molecule has 2 aromatic rings. The summed E-state index contributed by atoms with van der Waals surface area (Å²) in [5.41, 5.74) is 0.867. The number of nitrogens with zero attached hydrogens (tertiary/aromatic N) is 1. The molecule has 0 saturated heterocycles. The molecular weight excluding hydrogens is 419 g/mol. The highest BCUT2D eigenvalue weighted by atomic mass is 32.1. The molecule has 2 aliphatic rings. The zero-order chi connectivity index (χ0) is 22.0. The normalized spacial score (nSPS) is 23.4. The molecule has 2 fully saturated rings. The van der Waals surface area contributed by atoms with Gasteiger partial charge in [0.15, 0.2) is 11.6 Å². The largest absolute Gasteiger partial charge is 0.487 e. The van der Waals surface area contributed by atoms with E-state index < -0.39 is 0 Å². The van der Waals surface area contributed by atoms with E-state index in [2.05, 4.69) is 17.2 Å². The lowest BCUT2D eigenvalue weighted by molar-refractivity contribution is -0.120. The van der Waals surface area contributed by atoms with Crippen molar-refractivity contribution in [3.8, 4) is 10.9 Å². The van der Waals surface area contributed by atoms with E-state index in [0.29, 0.717) is 28.6 Å². The summed E-state index contributed by atoms with van der Waals surface area (Å²) in [7, 11) is 0. The molecular formula is C23H31FN2O4S. The van der Waals surface area contributed by atoms with Gasteiger partial charge in [-0.05, 0) is 57.6 Å². The van der Waals surface area contributed by atoms with Crippen molar-refractivity contribution in [2.45, 2.75) is 77.5 Å². The highest BCUT2D eigenvalue weighted by Crippen LogP contribution is 2.45. The summed E-state index contributed by atoms with van der Waals surface area (Å²) in [5.74, 6) is -0.130. The minimum atomic E-state index is -0.356. The van der Waals surface area contributed by atoms with Crippen LogP contribution in [0.4, 0.5) is 4.39 Å².